The molecule has 1 spiro atoms. The minimum atomic E-state index is -0.102. The number of piperidine rings is 1. The lowest BCUT2D eigenvalue weighted by Gasteiger charge is -2.45. The number of halogens is 1. The lowest BCUT2D eigenvalue weighted by Crippen LogP contribution is -3.16. The number of anilines is 1. The van der Waals surface area contributed by atoms with Crippen LogP contribution in [0.15, 0.2) is 41.1 Å². The van der Waals surface area contributed by atoms with E-state index < -0.39 is 0 Å². The van der Waals surface area contributed by atoms with E-state index in [-0.39, 0.29) is 23.7 Å². The Bertz CT molecular complexity index is 801. The van der Waals surface area contributed by atoms with Crippen LogP contribution in [0.25, 0.3) is 0 Å². The van der Waals surface area contributed by atoms with Crippen molar-refractivity contribution in [1.29, 1.82) is 0 Å². The zero-order valence-corrected chi connectivity index (χ0v) is 14.4. The summed E-state index contributed by atoms with van der Waals surface area (Å²) in [4.78, 5) is 13.6. The maximum Gasteiger partial charge on any atom is 0.148 e. The lowest BCUT2D eigenvalue weighted by atomic mass is 9.62. The molecule has 2 fully saturated rings. The highest BCUT2D eigenvalue weighted by Gasteiger charge is 2.64. The van der Waals surface area contributed by atoms with E-state index in [1.165, 1.54) is 11.1 Å². The quantitative estimate of drug-likeness (QED) is 0.318. The fourth-order valence-corrected chi connectivity index (χ4v) is 5.72. The summed E-state index contributed by atoms with van der Waals surface area (Å²) in [5.41, 5.74) is 5.27. The molecule has 4 nitrogen and oxygen atoms in total. The zero-order valence-electron chi connectivity index (χ0n) is 13.6. The first-order chi connectivity index (χ1) is 11.2. The van der Waals surface area contributed by atoms with Gasteiger partial charge in [-0.3, -0.25) is 4.79 Å². The Hall–Kier alpha value is -1.78. The third kappa shape index (κ3) is 1.60. The summed E-state index contributed by atoms with van der Waals surface area (Å²) in [5, 5.41) is 13.8. The predicted molar refractivity (Wildman–Crippen MR) is 87.5 cm³/mol. The fraction of sp³-hybridized carbons (Fsp3) is 0.421. The molecule has 1 aromatic rings. The molecular formula is C19H21ClN2O2. The van der Waals surface area contributed by atoms with Crippen molar-refractivity contribution in [3.05, 3.63) is 46.7 Å². The van der Waals surface area contributed by atoms with E-state index in [1.54, 1.807) is 11.0 Å². The highest BCUT2D eigenvalue weighted by Crippen LogP contribution is 2.58. The number of nitrogens with one attached hydrogen (secondary N) is 2. The summed E-state index contributed by atoms with van der Waals surface area (Å²) in [7, 11) is 0. The van der Waals surface area contributed by atoms with Crippen molar-refractivity contribution >= 4 is 12.0 Å². The summed E-state index contributed by atoms with van der Waals surface area (Å²) in [5.74, 6) is 0.537. The number of quaternary nitrogens is 1. The number of aldehydes is 1. The number of phenols is 1. The number of hydrogen-bond donors (Lipinski definition) is 3. The first-order valence-corrected chi connectivity index (χ1v) is 8.49. The Morgan fingerprint density at radius 3 is 3.00 bits per heavy atom. The monoisotopic (exact) mass is 344 g/mol. The molecule has 126 valence electrons. The average Bonchev–Trinajstić information content (AvgIpc) is 3.12. The molecule has 1 aromatic carbocycles. The second-order valence-electron chi connectivity index (χ2n) is 7.28. The second kappa shape index (κ2) is 5.11. The lowest BCUT2D eigenvalue weighted by molar-refractivity contribution is -0.914. The number of aromatic hydroxyl groups is 1. The van der Waals surface area contributed by atoms with Crippen molar-refractivity contribution in [2.75, 3.05) is 18.4 Å². The number of fused-ring (bicyclic) bond motifs is 2. The van der Waals surface area contributed by atoms with E-state index in [9.17, 15) is 9.90 Å². The van der Waals surface area contributed by atoms with Gasteiger partial charge in [0.25, 0.3) is 0 Å². The van der Waals surface area contributed by atoms with Gasteiger partial charge in [-0.1, -0.05) is 18.2 Å². The van der Waals surface area contributed by atoms with Gasteiger partial charge >= 0.3 is 0 Å². The van der Waals surface area contributed by atoms with Gasteiger partial charge in [0.15, 0.2) is 0 Å². The third-order valence-electron chi connectivity index (χ3n) is 6.66. The van der Waals surface area contributed by atoms with Crippen molar-refractivity contribution in [2.45, 2.75) is 31.2 Å². The molecule has 1 unspecified atom stereocenters. The van der Waals surface area contributed by atoms with Crippen molar-refractivity contribution in [2.24, 2.45) is 5.92 Å². The smallest absolute Gasteiger partial charge is 0.148 e. The number of benzene rings is 1. The standard InChI is InChI=1S/C19H20N2O2.ClH/c1-2-11-9-21-7-6-19-14-4-3-5-15(23)17(14)20-18(19)13(10-22)12(11)8-16(19)21;/h2-5,10,12,16,20,23H,6-9H2,1H3;1H/t12-,16-,19+;/m0./s1. The van der Waals surface area contributed by atoms with E-state index in [1.807, 2.05) is 6.07 Å². The molecule has 5 rings (SSSR count). The topological polar surface area (TPSA) is 53.8 Å². The SMILES string of the molecule is CC=C1C[NH+]2CC[C@]34C(=C(C=O)[C@H]1C[C@H]23)Nc1c(O)cccc14.[Cl-]. The predicted octanol–water partition coefficient (Wildman–Crippen LogP) is -1.85. The Kier molecular flexibility index (Phi) is 3.35. The number of allylic oxidation sites excluding steroid dienone is 2. The molecule has 0 radical (unpaired) electrons. The van der Waals surface area contributed by atoms with Crippen LogP contribution in [0.1, 0.15) is 25.3 Å². The van der Waals surface area contributed by atoms with Gasteiger partial charge in [-0.25, -0.2) is 0 Å². The normalized spacial score (nSPS) is 36.7. The van der Waals surface area contributed by atoms with Crippen LogP contribution in [0.5, 0.6) is 5.75 Å². The molecule has 4 aliphatic rings. The van der Waals surface area contributed by atoms with Gasteiger partial charge in [0.1, 0.15) is 18.1 Å². The number of para-hydroxylation sites is 1. The molecule has 0 amide bonds. The molecule has 4 atom stereocenters. The maximum atomic E-state index is 12.0. The Labute approximate surface area is 147 Å². The summed E-state index contributed by atoms with van der Waals surface area (Å²) in [6.45, 7) is 4.26. The van der Waals surface area contributed by atoms with Gasteiger partial charge in [-0.2, -0.15) is 0 Å². The minimum absolute atomic E-state index is 0. The van der Waals surface area contributed by atoms with E-state index in [0.717, 1.165) is 49.2 Å². The van der Waals surface area contributed by atoms with Crippen LogP contribution in [0.3, 0.4) is 0 Å². The van der Waals surface area contributed by atoms with Crippen LogP contribution in [-0.2, 0) is 10.2 Å². The number of hydrogen-bond acceptors (Lipinski definition) is 3. The molecular weight excluding hydrogens is 324 g/mol. The van der Waals surface area contributed by atoms with E-state index >= 15 is 0 Å². The van der Waals surface area contributed by atoms with Crippen LogP contribution in [-0.4, -0.2) is 30.5 Å². The van der Waals surface area contributed by atoms with Crippen molar-refractivity contribution in [3.63, 3.8) is 0 Å². The van der Waals surface area contributed by atoms with E-state index in [2.05, 4.69) is 24.4 Å². The second-order valence-corrected chi connectivity index (χ2v) is 7.28. The number of rotatable bonds is 1. The molecule has 1 aliphatic carbocycles. The van der Waals surface area contributed by atoms with Crippen LogP contribution in [0.4, 0.5) is 5.69 Å². The van der Waals surface area contributed by atoms with Gasteiger partial charge in [-0.15, -0.1) is 0 Å². The molecule has 24 heavy (non-hydrogen) atoms. The summed E-state index contributed by atoms with van der Waals surface area (Å²) in [6, 6.07) is 6.29. The largest absolute Gasteiger partial charge is 1.00 e. The van der Waals surface area contributed by atoms with Crippen molar-refractivity contribution in [3.8, 4) is 5.75 Å². The first kappa shape index (κ1) is 15.7. The minimum Gasteiger partial charge on any atom is -1.00 e. The summed E-state index contributed by atoms with van der Waals surface area (Å²) in [6.07, 6.45) is 5.35. The molecule has 2 bridgehead atoms. The maximum absolute atomic E-state index is 12.0. The van der Waals surface area contributed by atoms with E-state index in [4.69, 9.17) is 0 Å². The number of phenolic OH excluding ortho intramolecular Hbond substituents is 1. The van der Waals surface area contributed by atoms with Crippen LogP contribution >= 0.6 is 0 Å². The molecule has 0 saturated carbocycles. The van der Waals surface area contributed by atoms with Gasteiger partial charge in [-0.05, 0) is 24.1 Å². The highest BCUT2D eigenvalue weighted by atomic mass is 35.5. The molecule has 3 heterocycles. The average molecular weight is 345 g/mol. The first-order valence-electron chi connectivity index (χ1n) is 8.49. The summed E-state index contributed by atoms with van der Waals surface area (Å²) < 4.78 is 0. The fourth-order valence-electron chi connectivity index (χ4n) is 5.72. The molecule has 5 heteroatoms. The van der Waals surface area contributed by atoms with Gasteiger partial charge in [0, 0.05) is 30.0 Å². The Morgan fingerprint density at radius 2 is 2.25 bits per heavy atom. The van der Waals surface area contributed by atoms with Crippen LogP contribution in [0.2, 0.25) is 0 Å². The molecule has 2 saturated heterocycles. The van der Waals surface area contributed by atoms with Gasteiger partial charge < -0.3 is 27.7 Å². The molecule has 0 aromatic heterocycles. The van der Waals surface area contributed by atoms with Gasteiger partial charge in [0.2, 0.25) is 0 Å². The van der Waals surface area contributed by atoms with Gasteiger partial charge in [0.05, 0.1) is 24.2 Å². The molecule has 3 N–H and O–H groups in total. The van der Waals surface area contributed by atoms with E-state index in [0.29, 0.717) is 11.8 Å². The Balaban J connectivity index is 0.00000146. The van der Waals surface area contributed by atoms with Crippen LogP contribution < -0.4 is 22.6 Å². The Morgan fingerprint density at radius 1 is 1.42 bits per heavy atom. The number of carbonyl (C=O) groups excluding carboxylic acids is 1. The van der Waals surface area contributed by atoms with Crippen molar-refractivity contribution < 1.29 is 27.2 Å². The third-order valence-corrected chi connectivity index (χ3v) is 6.66. The molecule has 3 aliphatic heterocycles. The zero-order chi connectivity index (χ0) is 15.8. The van der Waals surface area contributed by atoms with Crippen LogP contribution in [0, 0.1) is 5.92 Å². The summed E-state index contributed by atoms with van der Waals surface area (Å²) >= 11 is 0. The highest BCUT2D eigenvalue weighted by molar-refractivity contribution is 5.85. The van der Waals surface area contributed by atoms with Crippen molar-refractivity contribution in [1.82, 2.24) is 0 Å². The number of carbonyl (C=O) groups is 1.